The van der Waals surface area contributed by atoms with Crippen molar-refractivity contribution < 1.29 is 9.53 Å². The van der Waals surface area contributed by atoms with Crippen LogP contribution in [0.5, 0.6) is 11.5 Å². The van der Waals surface area contributed by atoms with Crippen molar-refractivity contribution in [2.45, 2.75) is 6.92 Å². The van der Waals surface area contributed by atoms with Gasteiger partial charge in [-0.1, -0.05) is 17.7 Å². The molecule has 24 heavy (non-hydrogen) atoms. The van der Waals surface area contributed by atoms with E-state index in [-0.39, 0.29) is 5.91 Å². The average Bonchev–Trinajstić information content (AvgIpc) is 2.54. The summed E-state index contributed by atoms with van der Waals surface area (Å²) in [5.74, 6) is 0.808. The maximum atomic E-state index is 11.3. The van der Waals surface area contributed by atoms with E-state index in [1.807, 2.05) is 18.2 Å². The molecule has 0 atom stereocenters. The molecule has 1 aromatic heterocycles. The molecule has 0 aliphatic carbocycles. The van der Waals surface area contributed by atoms with Crippen LogP contribution in [0.3, 0.4) is 0 Å². The number of nitrogens with one attached hydrogen (secondary N) is 1. The first-order valence-corrected chi connectivity index (χ1v) is 8.49. The second-order valence-electron chi connectivity index (χ2n) is 5.07. The molecule has 3 aromatic rings. The number of rotatable bonds is 3. The number of carbonyl (C=O) groups excluding carboxylic acids is 1. The summed E-state index contributed by atoms with van der Waals surface area (Å²) >= 11 is 8.42. The SMILES string of the molecule is CC(=O)Nc1cccc(Oc2c(I)cc(Cl)c3cccnc23)c1N. The number of anilines is 2. The second-order valence-corrected chi connectivity index (χ2v) is 6.64. The van der Waals surface area contributed by atoms with Crippen LogP contribution in [-0.4, -0.2) is 10.9 Å². The summed E-state index contributed by atoms with van der Waals surface area (Å²) in [5, 5.41) is 4.08. The highest BCUT2D eigenvalue weighted by atomic mass is 127. The summed E-state index contributed by atoms with van der Waals surface area (Å²) < 4.78 is 6.84. The van der Waals surface area contributed by atoms with Crippen molar-refractivity contribution in [1.82, 2.24) is 4.98 Å². The molecule has 0 aliphatic heterocycles. The number of nitrogens with two attached hydrogens (primary N) is 1. The number of amides is 1. The topological polar surface area (TPSA) is 77.2 Å². The Morgan fingerprint density at radius 3 is 2.88 bits per heavy atom. The standard InChI is InChI=1S/C17H13ClIN3O2/c1-9(23)22-13-5-2-6-14(15(13)20)24-17-12(19)8-11(18)10-4-3-7-21-16(10)17/h2-8H,20H2,1H3,(H,22,23). The fourth-order valence-electron chi connectivity index (χ4n) is 2.29. The van der Waals surface area contributed by atoms with Gasteiger partial charge >= 0.3 is 0 Å². The molecule has 1 amide bonds. The predicted molar refractivity (Wildman–Crippen MR) is 105 cm³/mol. The van der Waals surface area contributed by atoms with E-state index in [0.717, 1.165) is 8.96 Å². The van der Waals surface area contributed by atoms with E-state index in [0.29, 0.717) is 33.4 Å². The first kappa shape index (κ1) is 16.8. The monoisotopic (exact) mass is 453 g/mol. The fraction of sp³-hybridized carbons (Fsp3) is 0.0588. The van der Waals surface area contributed by atoms with Gasteiger partial charge in [-0.3, -0.25) is 9.78 Å². The van der Waals surface area contributed by atoms with Crippen molar-refractivity contribution in [3.8, 4) is 11.5 Å². The Kier molecular flexibility index (Phi) is 4.77. The minimum Gasteiger partial charge on any atom is -0.452 e. The summed E-state index contributed by atoms with van der Waals surface area (Å²) in [6.45, 7) is 1.42. The maximum Gasteiger partial charge on any atom is 0.221 e. The first-order chi connectivity index (χ1) is 11.5. The number of benzene rings is 2. The number of carbonyl (C=O) groups is 1. The molecule has 1 heterocycles. The van der Waals surface area contributed by atoms with Gasteiger partial charge in [0.05, 0.1) is 20.0 Å². The lowest BCUT2D eigenvalue weighted by Crippen LogP contribution is -2.08. The smallest absolute Gasteiger partial charge is 0.221 e. The zero-order valence-corrected chi connectivity index (χ0v) is 15.6. The number of pyridine rings is 1. The lowest BCUT2D eigenvalue weighted by molar-refractivity contribution is -0.114. The Morgan fingerprint density at radius 2 is 2.12 bits per heavy atom. The van der Waals surface area contributed by atoms with Gasteiger partial charge in [0.15, 0.2) is 11.5 Å². The van der Waals surface area contributed by atoms with Crippen LogP contribution < -0.4 is 15.8 Å². The van der Waals surface area contributed by atoms with E-state index >= 15 is 0 Å². The van der Waals surface area contributed by atoms with Crippen LogP contribution in [0.1, 0.15) is 6.92 Å². The fourth-order valence-corrected chi connectivity index (χ4v) is 3.41. The molecule has 3 rings (SSSR count). The van der Waals surface area contributed by atoms with E-state index < -0.39 is 0 Å². The number of fused-ring (bicyclic) bond motifs is 1. The summed E-state index contributed by atoms with van der Waals surface area (Å²) in [6, 6.07) is 10.7. The van der Waals surface area contributed by atoms with Gasteiger partial charge in [-0.2, -0.15) is 0 Å². The molecule has 0 unspecified atom stereocenters. The summed E-state index contributed by atoms with van der Waals surface area (Å²) in [6.07, 6.45) is 1.68. The molecular weight excluding hydrogens is 441 g/mol. The van der Waals surface area contributed by atoms with Gasteiger partial charge in [-0.25, -0.2) is 0 Å². The van der Waals surface area contributed by atoms with Crippen molar-refractivity contribution >= 4 is 62.4 Å². The van der Waals surface area contributed by atoms with E-state index in [1.54, 1.807) is 24.4 Å². The first-order valence-electron chi connectivity index (χ1n) is 7.04. The normalized spacial score (nSPS) is 10.6. The average molecular weight is 454 g/mol. The van der Waals surface area contributed by atoms with Gasteiger partial charge in [0, 0.05) is 18.5 Å². The van der Waals surface area contributed by atoms with Crippen molar-refractivity contribution in [2.75, 3.05) is 11.1 Å². The number of para-hydroxylation sites is 1. The molecule has 7 heteroatoms. The highest BCUT2D eigenvalue weighted by Gasteiger charge is 2.15. The lowest BCUT2D eigenvalue weighted by atomic mass is 10.2. The van der Waals surface area contributed by atoms with Crippen LogP contribution in [0.15, 0.2) is 42.6 Å². The lowest BCUT2D eigenvalue weighted by Gasteiger charge is -2.15. The molecular formula is C17H13ClIN3O2. The largest absolute Gasteiger partial charge is 0.452 e. The Morgan fingerprint density at radius 1 is 1.33 bits per heavy atom. The molecule has 0 fully saturated rings. The van der Waals surface area contributed by atoms with Gasteiger partial charge < -0.3 is 15.8 Å². The molecule has 0 bridgehead atoms. The summed E-state index contributed by atoms with van der Waals surface area (Å²) in [4.78, 5) is 15.6. The third-order valence-corrected chi connectivity index (χ3v) is 4.45. The Hall–Kier alpha value is -2.06. The minimum atomic E-state index is -0.202. The number of hydrogen-bond donors (Lipinski definition) is 2. The van der Waals surface area contributed by atoms with E-state index in [2.05, 4.69) is 32.9 Å². The van der Waals surface area contributed by atoms with E-state index in [4.69, 9.17) is 22.1 Å². The van der Waals surface area contributed by atoms with Crippen LogP contribution in [0, 0.1) is 3.57 Å². The van der Waals surface area contributed by atoms with Gasteiger partial charge in [-0.05, 0) is 52.9 Å². The van der Waals surface area contributed by atoms with Crippen LogP contribution in [0.25, 0.3) is 10.9 Å². The van der Waals surface area contributed by atoms with Crippen LogP contribution >= 0.6 is 34.2 Å². The highest BCUT2D eigenvalue weighted by Crippen LogP contribution is 2.40. The molecule has 5 nitrogen and oxygen atoms in total. The third-order valence-electron chi connectivity index (χ3n) is 3.34. The maximum absolute atomic E-state index is 11.3. The van der Waals surface area contributed by atoms with Crippen molar-refractivity contribution in [3.63, 3.8) is 0 Å². The Bertz CT molecular complexity index is 947. The van der Waals surface area contributed by atoms with Gasteiger partial charge in [0.25, 0.3) is 0 Å². The van der Waals surface area contributed by atoms with E-state index in [1.165, 1.54) is 6.92 Å². The van der Waals surface area contributed by atoms with Gasteiger partial charge in [0.1, 0.15) is 5.52 Å². The van der Waals surface area contributed by atoms with E-state index in [9.17, 15) is 4.79 Å². The number of aromatic nitrogens is 1. The summed E-state index contributed by atoms with van der Waals surface area (Å²) in [7, 11) is 0. The number of nitrogens with zero attached hydrogens (tertiary/aromatic N) is 1. The van der Waals surface area contributed by atoms with Gasteiger partial charge in [-0.15, -0.1) is 0 Å². The highest BCUT2D eigenvalue weighted by molar-refractivity contribution is 14.1. The molecule has 122 valence electrons. The number of hydrogen-bond acceptors (Lipinski definition) is 4. The molecule has 2 aromatic carbocycles. The predicted octanol–water partition coefficient (Wildman–Crippen LogP) is 4.83. The van der Waals surface area contributed by atoms with Crippen LogP contribution in [-0.2, 0) is 4.79 Å². The minimum absolute atomic E-state index is 0.202. The van der Waals surface area contributed by atoms with Crippen molar-refractivity contribution in [3.05, 3.63) is 51.2 Å². The second kappa shape index (κ2) is 6.82. The Labute approximate surface area is 157 Å². The molecule has 0 spiro atoms. The molecule has 0 radical (unpaired) electrons. The van der Waals surface area contributed by atoms with Crippen LogP contribution in [0.2, 0.25) is 5.02 Å². The molecule has 0 saturated carbocycles. The molecule has 0 aliphatic rings. The zero-order chi connectivity index (χ0) is 17.3. The third kappa shape index (κ3) is 3.25. The number of nitrogen functional groups attached to an aromatic ring is 1. The quantitative estimate of drug-likeness (QED) is 0.440. The Balaban J connectivity index is 2.10. The van der Waals surface area contributed by atoms with Crippen molar-refractivity contribution in [2.24, 2.45) is 0 Å². The molecule has 0 saturated heterocycles. The zero-order valence-electron chi connectivity index (χ0n) is 12.6. The number of ether oxygens (including phenoxy) is 1. The molecule has 3 N–H and O–H groups in total. The van der Waals surface area contributed by atoms with Crippen LogP contribution in [0.4, 0.5) is 11.4 Å². The van der Waals surface area contributed by atoms with Crippen molar-refractivity contribution in [1.29, 1.82) is 0 Å². The van der Waals surface area contributed by atoms with Gasteiger partial charge in [0.2, 0.25) is 5.91 Å². The summed E-state index contributed by atoms with van der Waals surface area (Å²) in [5.41, 5.74) is 7.62. The number of halogens is 2.